The topological polar surface area (TPSA) is 50.4 Å². The number of hydrogen-bond donors (Lipinski definition) is 2. The Kier molecular flexibility index (Phi) is 4.80. The molecule has 0 radical (unpaired) electrons. The number of unbranched alkanes of at least 4 members (excludes halogenated alkanes) is 1. The molecule has 1 rings (SSSR count). The maximum absolute atomic E-state index is 11.8. The Morgan fingerprint density at radius 3 is 2.65 bits per heavy atom. The van der Waals surface area contributed by atoms with E-state index in [0.29, 0.717) is 0 Å². The molecule has 0 aromatic heterocycles. The molecule has 0 bridgehead atoms. The minimum absolute atomic E-state index is 0.0989. The molecular formula is C13H26N2O2. The van der Waals surface area contributed by atoms with E-state index < -0.39 is 5.60 Å². The van der Waals surface area contributed by atoms with Gasteiger partial charge in [0, 0.05) is 6.54 Å². The second-order valence-electron chi connectivity index (χ2n) is 5.94. The lowest BCUT2D eigenvalue weighted by molar-refractivity contribution is 0.0457. The lowest BCUT2D eigenvalue weighted by Crippen LogP contribution is -2.51. The number of nitrogens with one attached hydrogen (secondary N) is 2. The van der Waals surface area contributed by atoms with Crippen LogP contribution < -0.4 is 10.6 Å². The summed E-state index contributed by atoms with van der Waals surface area (Å²) in [6.07, 6.45) is 4.01. The number of carbonyl (C=O) groups is 1. The van der Waals surface area contributed by atoms with E-state index in [2.05, 4.69) is 17.6 Å². The number of rotatable bonds is 4. The molecule has 1 aliphatic heterocycles. The third-order valence-electron chi connectivity index (χ3n) is 3.02. The Balaban J connectivity index is 2.52. The van der Waals surface area contributed by atoms with Crippen molar-refractivity contribution in [2.24, 2.45) is 0 Å². The Bertz CT molecular complexity index is 253. The van der Waals surface area contributed by atoms with Gasteiger partial charge >= 0.3 is 6.09 Å². The largest absolute Gasteiger partial charge is 0.444 e. The Hall–Kier alpha value is -0.770. The molecule has 4 nitrogen and oxygen atoms in total. The van der Waals surface area contributed by atoms with Gasteiger partial charge in [-0.3, -0.25) is 0 Å². The maximum Gasteiger partial charge on any atom is 0.408 e. The van der Waals surface area contributed by atoms with Gasteiger partial charge in [0.2, 0.25) is 0 Å². The van der Waals surface area contributed by atoms with Crippen LogP contribution >= 0.6 is 0 Å². The van der Waals surface area contributed by atoms with Gasteiger partial charge in [0.25, 0.3) is 0 Å². The predicted molar refractivity (Wildman–Crippen MR) is 69.1 cm³/mol. The zero-order valence-corrected chi connectivity index (χ0v) is 11.6. The Labute approximate surface area is 104 Å². The molecule has 17 heavy (non-hydrogen) atoms. The molecule has 0 aromatic carbocycles. The summed E-state index contributed by atoms with van der Waals surface area (Å²) in [5, 5.41) is 6.38. The summed E-state index contributed by atoms with van der Waals surface area (Å²) in [4.78, 5) is 11.8. The highest BCUT2D eigenvalue weighted by molar-refractivity contribution is 5.69. The van der Waals surface area contributed by atoms with Gasteiger partial charge in [-0.25, -0.2) is 4.79 Å². The van der Waals surface area contributed by atoms with E-state index in [1.807, 2.05) is 20.8 Å². The monoisotopic (exact) mass is 242 g/mol. The molecule has 0 saturated carbocycles. The molecule has 100 valence electrons. The minimum atomic E-state index is -0.429. The summed E-state index contributed by atoms with van der Waals surface area (Å²) in [6.45, 7) is 9.66. The molecule has 0 spiro atoms. The van der Waals surface area contributed by atoms with Gasteiger partial charge < -0.3 is 15.4 Å². The quantitative estimate of drug-likeness (QED) is 0.796. The fourth-order valence-corrected chi connectivity index (χ4v) is 2.16. The lowest BCUT2D eigenvalue weighted by atomic mass is 9.92. The average molecular weight is 242 g/mol. The number of alkyl carbamates (subject to hydrolysis) is 1. The molecular weight excluding hydrogens is 216 g/mol. The van der Waals surface area contributed by atoms with Crippen molar-refractivity contribution in [1.82, 2.24) is 10.6 Å². The van der Waals surface area contributed by atoms with Gasteiger partial charge in [0.1, 0.15) is 5.60 Å². The summed E-state index contributed by atoms with van der Waals surface area (Å²) in [5.41, 5.74) is -0.527. The van der Waals surface area contributed by atoms with E-state index >= 15 is 0 Å². The highest BCUT2D eigenvalue weighted by Crippen LogP contribution is 2.22. The van der Waals surface area contributed by atoms with Gasteiger partial charge in [-0.2, -0.15) is 0 Å². The number of amides is 1. The molecule has 1 amide bonds. The van der Waals surface area contributed by atoms with Crippen molar-refractivity contribution in [3.63, 3.8) is 0 Å². The van der Waals surface area contributed by atoms with E-state index in [1.54, 1.807) is 0 Å². The van der Waals surface area contributed by atoms with Gasteiger partial charge in [-0.05, 0) is 40.2 Å². The zero-order chi connectivity index (χ0) is 12.9. The molecule has 1 heterocycles. The van der Waals surface area contributed by atoms with Crippen LogP contribution in [0.2, 0.25) is 0 Å². The molecule has 0 aromatic rings. The summed E-state index contributed by atoms with van der Waals surface area (Å²) in [5.74, 6) is 0. The van der Waals surface area contributed by atoms with Crippen LogP contribution in [-0.4, -0.2) is 30.3 Å². The fraction of sp³-hybridized carbons (Fsp3) is 0.923. The van der Waals surface area contributed by atoms with Gasteiger partial charge in [0.05, 0.1) is 5.54 Å². The molecule has 0 unspecified atom stereocenters. The maximum atomic E-state index is 11.8. The molecule has 0 aliphatic carbocycles. The molecule has 1 saturated heterocycles. The standard InChI is InChI=1S/C13H26N2O2/c1-5-6-7-13(8-9-14-10-13)15-11(16)17-12(2,3)4/h14H,5-10H2,1-4H3,(H,15,16)/t13-/m0/s1. The first-order chi connectivity index (χ1) is 7.87. The highest BCUT2D eigenvalue weighted by atomic mass is 16.6. The van der Waals surface area contributed by atoms with Gasteiger partial charge in [0.15, 0.2) is 0 Å². The summed E-state index contributed by atoms with van der Waals surface area (Å²) >= 11 is 0. The average Bonchev–Trinajstić information content (AvgIpc) is 2.60. The van der Waals surface area contributed by atoms with E-state index in [4.69, 9.17) is 4.74 Å². The first-order valence-corrected chi connectivity index (χ1v) is 6.59. The summed E-state index contributed by atoms with van der Waals surface area (Å²) in [6, 6.07) is 0. The van der Waals surface area contributed by atoms with Crippen LogP contribution in [0.3, 0.4) is 0 Å². The summed E-state index contributed by atoms with van der Waals surface area (Å²) < 4.78 is 5.33. The lowest BCUT2D eigenvalue weighted by Gasteiger charge is -2.31. The van der Waals surface area contributed by atoms with Crippen molar-refractivity contribution in [3.05, 3.63) is 0 Å². The van der Waals surface area contributed by atoms with Crippen LogP contribution in [0.4, 0.5) is 4.79 Å². The van der Waals surface area contributed by atoms with E-state index in [1.165, 1.54) is 0 Å². The van der Waals surface area contributed by atoms with Crippen molar-refractivity contribution in [2.45, 2.75) is 64.5 Å². The first kappa shape index (κ1) is 14.3. The van der Waals surface area contributed by atoms with E-state index in [9.17, 15) is 4.79 Å². The van der Waals surface area contributed by atoms with Crippen molar-refractivity contribution in [3.8, 4) is 0 Å². The van der Waals surface area contributed by atoms with Crippen LogP contribution in [0.15, 0.2) is 0 Å². The highest BCUT2D eigenvalue weighted by Gasteiger charge is 2.35. The SMILES string of the molecule is CCCC[C@]1(NC(=O)OC(C)(C)C)CCNC1. The third kappa shape index (κ3) is 4.94. The van der Waals surface area contributed by atoms with Crippen LogP contribution in [0.25, 0.3) is 0 Å². The van der Waals surface area contributed by atoms with E-state index in [0.717, 1.165) is 38.8 Å². The van der Waals surface area contributed by atoms with Gasteiger partial charge in [-0.1, -0.05) is 19.8 Å². The van der Waals surface area contributed by atoms with Crippen LogP contribution in [0.5, 0.6) is 0 Å². The van der Waals surface area contributed by atoms with Crippen molar-refractivity contribution in [2.75, 3.05) is 13.1 Å². The normalized spacial score (nSPS) is 24.7. The zero-order valence-electron chi connectivity index (χ0n) is 11.6. The Morgan fingerprint density at radius 2 is 2.18 bits per heavy atom. The second kappa shape index (κ2) is 5.71. The first-order valence-electron chi connectivity index (χ1n) is 6.59. The third-order valence-corrected chi connectivity index (χ3v) is 3.02. The van der Waals surface area contributed by atoms with Crippen LogP contribution in [0, 0.1) is 0 Å². The molecule has 1 aliphatic rings. The van der Waals surface area contributed by atoms with Gasteiger partial charge in [-0.15, -0.1) is 0 Å². The molecule has 4 heteroatoms. The fourth-order valence-electron chi connectivity index (χ4n) is 2.16. The number of carbonyl (C=O) groups excluding carboxylic acids is 1. The molecule has 2 N–H and O–H groups in total. The molecule has 1 atom stereocenters. The van der Waals surface area contributed by atoms with Crippen LogP contribution in [0.1, 0.15) is 53.4 Å². The van der Waals surface area contributed by atoms with Crippen molar-refractivity contribution >= 4 is 6.09 Å². The minimum Gasteiger partial charge on any atom is -0.444 e. The summed E-state index contributed by atoms with van der Waals surface area (Å²) in [7, 11) is 0. The van der Waals surface area contributed by atoms with Crippen LogP contribution in [-0.2, 0) is 4.74 Å². The van der Waals surface area contributed by atoms with E-state index in [-0.39, 0.29) is 11.6 Å². The predicted octanol–water partition coefficient (Wildman–Crippen LogP) is 2.43. The molecule has 1 fully saturated rings. The number of hydrogen-bond acceptors (Lipinski definition) is 3. The Morgan fingerprint density at radius 1 is 1.47 bits per heavy atom. The smallest absolute Gasteiger partial charge is 0.408 e. The second-order valence-corrected chi connectivity index (χ2v) is 5.94. The van der Waals surface area contributed by atoms with Crippen molar-refractivity contribution in [1.29, 1.82) is 0 Å². The van der Waals surface area contributed by atoms with Crippen molar-refractivity contribution < 1.29 is 9.53 Å². The number of ether oxygens (including phenoxy) is 1.